The average molecular weight is 620 g/mol. The van der Waals surface area contributed by atoms with E-state index < -0.39 is 58.8 Å². The van der Waals surface area contributed by atoms with Gasteiger partial charge in [0.1, 0.15) is 22.8 Å². The van der Waals surface area contributed by atoms with Crippen molar-refractivity contribution in [1.82, 2.24) is 0 Å². The van der Waals surface area contributed by atoms with Gasteiger partial charge in [-0.3, -0.25) is 19.2 Å². The first-order chi connectivity index (χ1) is 19.5. The van der Waals surface area contributed by atoms with Gasteiger partial charge in [0.25, 0.3) is 0 Å². The molecular weight excluding hydrogens is 598 g/mol. The van der Waals surface area contributed by atoms with Crippen LogP contribution in [0.2, 0.25) is 0 Å². The molecule has 0 spiro atoms. The second-order valence-electron chi connectivity index (χ2n) is 10.3. The molecule has 0 bridgehead atoms. The predicted octanol–water partition coefficient (Wildman–Crippen LogP) is 3.77. The number of ketones is 2. The first-order valence-electron chi connectivity index (χ1n) is 12.7. The standard InChI is InChI=1S/C30H22BrNO9/c1-41-22-4-2-3-19(33)26(22)25-13-7-8-15-23(16(13)10-17-24(25)21(35)11-18(31)27(17)36)29(38)32(28(15)37)12-5-6-14(30(39)40)20(34)9-12/h2-7,9,11,15-16,23,25,33-34H,8,10H2,1H3,(H,39,40)/t15-,16+,23-,25-/m0/s1. The summed E-state index contributed by atoms with van der Waals surface area (Å²) in [6, 6.07) is 8.14. The number of carbonyl (C=O) groups excluding carboxylic acids is 4. The van der Waals surface area contributed by atoms with Gasteiger partial charge in [-0.2, -0.15) is 0 Å². The molecule has 0 unspecified atom stereocenters. The minimum atomic E-state index is -1.36. The van der Waals surface area contributed by atoms with Gasteiger partial charge in [-0.15, -0.1) is 0 Å². The zero-order chi connectivity index (χ0) is 29.3. The van der Waals surface area contributed by atoms with Gasteiger partial charge in [0.2, 0.25) is 11.8 Å². The maximum absolute atomic E-state index is 14.0. The van der Waals surface area contributed by atoms with Gasteiger partial charge in [0.05, 0.1) is 29.1 Å². The Kier molecular flexibility index (Phi) is 6.22. The maximum Gasteiger partial charge on any atom is 0.339 e. The van der Waals surface area contributed by atoms with Crippen molar-refractivity contribution in [3.05, 3.63) is 80.9 Å². The molecule has 2 amide bonds. The summed E-state index contributed by atoms with van der Waals surface area (Å²) in [7, 11) is 1.42. The Morgan fingerprint density at radius 1 is 1.02 bits per heavy atom. The molecule has 208 valence electrons. The Bertz CT molecular complexity index is 1700. The van der Waals surface area contributed by atoms with Crippen LogP contribution in [-0.2, 0) is 19.2 Å². The number of allylic oxidation sites excluding steroid dienone is 6. The number of hydrogen-bond donors (Lipinski definition) is 3. The van der Waals surface area contributed by atoms with Gasteiger partial charge in [0.15, 0.2) is 11.6 Å². The number of imide groups is 1. The van der Waals surface area contributed by atoms with Crippen LogP contribution in [0.4, 0.5) is 5.69 Å². The monoisotopic (exact) mass is 619 g/mol. The number of phenols is 2. The van der Waals surface area contributed by atoms with Crippen molar-refractivity contribution in [2.75, 3.05) is 12.0 Å². The van der Waals surface area contributed by atoms with Crippen LogP contribution in [0.25, 0.3) is 0 Å². The van der Waals surface area contributed by atoms with Crippen LogP contribution in [-0.4, -0.2) is 51.8 Å². The average Bonchev–Trinajstić information content (AvgIpc) is 3.19. The van der Waals surface area contributed by atoms with E-state index in [1.165, 1.54) is 25.3 Å². The van der Waals surface area contributed by atoms with E-state index in [2.05, 4.69) is 15.9 Å². The summed E-state index contributed by atoms with van der Waals surface area (Å²) in [5, 5.41) is 30.4. The van der Waals surface area contributed by atoms with Gasteiger partial charge in [0, 0.05) is 34.8 Å². The summed E-state index contributed by atoms with van der Waals surface area (Å²) in [6.07, 6.45) is 3.19. The van der Waals surface area contributed by atoms with Crippen LogP contribution in [0.15, 0.2) is 69.8 Å². The van der Waals surface area contributed by atoms with Crippen molar-refractivity contribution in [2.45, 2.75) is 18.8 Å². The molecule has 0 radical (unpaired) electrons. The van der Waals surface area contributed by atoms with Crippen molar-refractivity contribution in [2.24, 2.45) is 17.8 Å². The summed E-state index contributed by atoms with van der Waals surface area (Å²) in [5.74, 6) is -6.94. The molecule has 6 rings (SSSR count). The van der Waals surface area contributed by atoms with Crippen molar-refractivity contribution in [1.29, 1.82) is 0 Å². The number of fused-ring (bicyclic) bond motifs is 3. The molecule has 1 saturated heterocycles. The van der Waals surface area contributed by atoms with Gasteiger partial charge < -0.3 is 20.1 Å². The van der Waals surface area contributed by atoms with E-state index >= 15 is 0 Å². The number of anilines is 1. The molecule has 41 heavy (non-hydrogen) atoms. The van der Waals surface area contributed by atoms with Crippen LogP contribution >= 0.6 is 15.9 Å². The molecule has 1 heterocycles. The molecular formula is C30H22BrNO9. The van der Waals surface area contributed by atoms with Crippen LogP contribution in [0.5, 0.6) is 17.2 Å². The second-order valence-corrected chi connectivity index (χ2v) is 11.2. The fraction of sp³-hybridized carbons (Fsp3) is 0.233. The Labute approximate surface area is 241 Å². The molecule has 4 atom stereocenters. The number of carbonyl (C=O) groups is 5. The van der Waals surface area contributed by atoms with Crippen molar-refractivity contribution >= 4 is 51.0 Å². The topological polar surface area (TPSA) is 159 Å². The molecule has 1 fully saturated rings. The quantitative estimate of drug-likeness (QED) is 0.263. The van der Waals surface area contributed by atoms with Crippen LogP contribution in [0, 0.1) is 17.8 Å². The van der Waals surface area contributed by atoms with Crippen molar-refractivity contribution < 1.29 is 44.0 Å². The highest BCUT2D eigenvalue weighted by Crippen LogP contribution is 2.57. The minimum Gasteiger partial charge on any atom is -0.507 e. The lowest BCUT2D eigenvalue weighted by molar-refractivity contribution is -0.123. The van der Waals surface area contributed by atoms with E-state index in [4.69, 9.17) is 4.74 Å². The first-order valence-corrected chi connectivity index (χ1v) is 13.5. The van der Waals surface area contributed by atoms with Crippen molar-refractivity contribution in [3.8, 4) is 17.2 Å². The third-order valence-electron chi connectivity index (χ3n) is 8.35. The van der Waals surface area contributed by atoms with E-state index in [0.717, 1.165) is 17.0 Å². The molecule has 3 N–H and O–H groups in total. The smallest absolute Gasteiger partial charge is 0.339 e. The number of Topliss-reactive ketones (excluding diaryl/α,β-unsaturated/α-hetero) is 1. The van der Waals surface area contributed by atoms with Crippen LogP contribution in [0.1, 0.15) is 34.7 Å². The summed E-state index contributed by atoms with van der Waals surface area (Å²) < 4.78 is 5.61. The highest BCUT2D eigenvalue weighted by Gasteiger charge is 2.57. The number of aromatic hydroxyl groups is 2. The van der Waals surface area contributed by atoms with E-state index in [-0.39, 0.29) is 51.0 Å². The largest absolute Gasteiger partial charge is 0.507 e. The van der Waals surface area contributed by atoms with Gasteiger partial charge in [-0.1, -0.05) is 17.7 Å². The highest BCUT2D eigenvalue weighted by molar-refractivity contribution is 9.12. The first kappa shape index (κ1) is 26.7. The molecule has 2 aromatic rings. The molecule has 10 nitrogen and oxygen atoms in total. The normalized spacial score (nSPS) is 25.4. The third kappa shape index (κ3) is 3.86. The van der Waals surface area contributed by atoms with E-state index in [9.17, 15) is 39.3 Å². The fourth-order valence-corrected chi connectivity index (χ4v) is 7.08. The number of aromatic carboxylic acids is 1. The summed E-state index contributed by atoms with van der Waals surface area (Å²) >= 11 is 3.18. The Hall–Kier alpha value is -4.51. The molecule has 0 aromatic heterocycles. The SMILES string of the molecule is COc1cccc(O)c1[C@H]1C2=CC[C@@H]3C(=O)N(c4ccc(C(=O)O)c(O)c4)C(=O)[C@@H]3[C@@H]2CC2=C1C(=O)C=C(Br)C2=O. The number of amides is 2. The number of ether oxygens (including phenoxy) is 1. The Balaban J connectivity index is 1.49. The third-order valence-corrected chi connectivity index (χ3v) is 8.94. The molecule has 4 aliphatic rings. The minimum absolute atomic E-state index is 0.0261. The fourth-order valence-electron chi connectivity index (χ4n) is 6.63. The van der Waals surface area contributed by atoms with E-state index in [0.29, 0.717) is 11.3 Å². The van der Waals surface area contributed by atoms with Gasteiger partial charge >= 0.3 is 5.97 Å². The lowest BCUT2D eigenvalue weighted by Crippen LogP contribution is -2.39. The Morgan fingerprint density at radius 2 is 1.78 bits per heavy atom. The van der Waals surface area contributed by atoms with Gasteiger partial charge in [-0.25, -0.2) is 9.69 Å². The lowest BCUT2D eigenvalue weighted by atomic mass is 9.59. The second kappa shape index (κ2) is 9.55. The van der Waals surface area contributed by atoms with Crippen LogP contribution < -0.4 is 9.64 Å². The van der Waals surface area contributed by atoms with Gasteiger partial charge in [-0.05, 0) is 59.0 Å². The highest BCUT2D eigenvalue weighted by atomic mass is 79.9. The summed E-state index contributed by atoms with van der Waals surface area (Å²) in [6.45, 7) is 0. The number of rotatable bonds is 4. The number of carboxylic acids is 1. The number of halogens is 1. The number of benzene rings is 2. The zero-order valence-corrected chi connectivity index (χ0v) is 23.0. The number of phenolic OH excluding ortho intramolecular Hbond substituents is 1. The van der Waals surface area contributed by atoms with E-state index in [1.807, 2.05) is 0 Å². The number of hydrogen-bond acceptors (Lipinski definition) is 8. The van der Waals surface area contributed by atoms with Crippen molar-refractivity contribution in [3.63, 3.8) is 0 Å². The molecule has 11 heteroatoms. The number of nitrogens with zero attached hydrogens (tertiary/aromatic N) is 1. The van der Waals surface area contributed by atoms with Crippen LogP contribution in [0.3, 0.4) is 0 Å². The van der Waals surface area contributed by atoms with E-state index in [1.54, 1.807) is 18.2 Å². The lowest BCUT2D eigenvalue weighted by Gasteiger charge is -2.42. The summed E-state index contributed by atoms with van der Waals surface area (Å²) in [4.78, 5) is 66.6. The number of carboxylic acid groups (broad SMARTS) is 1. The zero-order valence-electron chi connectivity index (χ0n) is 21.5. The number of methoxy groups -OCH3 is 1. The molecule has 3 aliphatic carbocycles. The predicted molar refractivity (Wildman–Crippen MR) is 147 cm³/mol. The Morgan fingerprint density at radius 3 is 2.46 bits per heavy atom. The molecule has 0 saturated carbocycles. The maximum atomic E-state index is 14.0. The molecule has 1 aliphatic heterocycles. The summed E-state index contributed by atoms with van der Waals surface area (Å²) in [5.41, 5.74) is 0.963. The molecule has 2 aromatic carbocycles.